The lowest BCUT2D eigenvalue weighted by molar-refractivity contribution is 0.0778. The monoisotopic (exact) mass is 488 g/mol. The number of benzene rings is 1. The number of hydrogen-bond donors (Lipinski definition) is 1. The first-order valence-electron chi connectivity index (χ1n) is 11.7. The Hall–Kier alpha value is -4.25. The van der Waals surface area contributed by atoms with Gasteiger partial charge in [0.05, 0.1) is 23.8 Å². The predicted octanol–water partition coefficient (Wildman–Crippen LogP) is 3.64. The van der Waals surface area contributed by atoms with Crippen LogP contribution in [0.2, 0.25) is 0 Å². The van der Waals surface area contributed by atoms with Crippen LogP contribution in [0.5, 0.6) is 0 Å². The standard InChI is InChI=1S/C25H25FN8O2/c1-2-36-25(35)34-11-9-33(10-12-34)16-17-3-6-22(29-14-17)31-24-30-15-19(26)23(32-24)18-4-5-20-21(13-18)28-8-7-27-20/h3-8,13-15H,2,9-12,16H2,1H3,(H,29,30,31,32). The normalized spacial score (nSPS) is 14.1. The van der Waals surface area contributed by atoms with Gasteiger partial charge in [0, 0.05) is 56.9 Å². The molecule has 0 spiro atoms. The molecule has 1 aliphatic rings. The van der Waals surface area contributed by atoms with E-state index in [4.69, 9.17) is 4.74 Å². The molecule has 4 aromatic rings. The van der Waals surface area contributed by atoms with Crippen LogP contribution in [0.4, 0.5) is 21.0 Å². The number of rotatable bonds is 6. The van der Waals surface area contributed by atoms with Crippen molar-refractivity contribution in [1.82, 2.24) is 34.7 Å². The quantitative estimate of drug-likeness (QED) is 0.435. The second kappa shape index (κ2) is 10.6. The molecule has 0 bridgehead atoms. The van der Waals surface area contributed by atoms with E-state index in [1.807, 2.05) is 12.1 Å². The van der Waals surface area contributed by atoms with Gasteiger partial charge in [0.1, 0.15) is 11.5 Å². The topological polar surface area (TPSA) is 109 Å². The number of piperazine rings is 1. The van der Waals surface area contributed by atoms with Gasteiger partial charge < -0.3 is 15.0 Å². The molecule has 1 amide bonds. The highest BCUT2D eigenvalue weighted by atomic mass is 19.1. The molecule has 10 nitrogen and oxygen atoms in total. The lowest BCUT2D eigenvalue weighted by Crippen LogP contribution is -2.48. The highest BCUT2D eigenvalue weighted by Crippen LogP contribution is 2.25. The maximum Gasteiger partial charge on any atom is 0.409 e. The number of fused-ring (bicyclic) bond motifs is 1. The second-order valence-electron chi connectivity index (χ2n) is 8.29. The summed E-state index contributed by atoms with van der Waals surface area (Å²) in [5.74, 6) is 0.254. The minimum Gasteiger partial charge on any atom is -0.450 e. The average molecular weight is 489 g/mol. The van der Waals surface area contributed by atoms with Crippen LogP contribution < -0.4 is 5.32 Å². The summed E-state index contributed by atoms with van der Waals surface area (Å²) < 4.78 is 19.6. The summed E-state index contributed by atoms with van der Waals surface area (Å²) in [7, 11) is 0. The third-order valence-corrected chi connectivity index (χ3v) is 5.86. The summed E-state index contributed by atoms with van der Waals surface area (Å²) >= 11 is 0. The molecule has 1 aromatic carbocycles. The lowest BCUT2D eigenvalue weighted by atomic mass is 10.1. The maximum absolute atomic E-state index is 14.5. The first-order chi connectivity index (χ1) is 17.6. The Balaban J connectivity index is 1.22. The molecule has 0 saturated carbocycles. The van der Waals surface area contributed by atoms with Crippen molar-refractivity contribution in [3.63, 3.8) is 0 Å². The molecular weight excluding hydrogens is 463 g/mol. The van der Waals surface area contributed by atoms with Crippen LogP contribution in [-0.4, -0.2) is 73.6 Å². The number of carbonyl (C=O) groups is 1. The van der Waals surface area contributed by atoms with Crippen LogP contribution in [0.3, 0.4) is 0 Å². The summed E-state index contributed by atoms with van der Waals surface area (Å²) in [4.78, 5) is 37.2. The van der Waals surface area contributed by atoms with E-state index in [1.165, 1.54) is 0 Å². The summed E-state index contributed by atoms with van der Waals surface area (Å²) in [5.41, 5.74) is 3.17. The summed E-state index contributed by atoms with van der Waals surface area (Å²) in [6.45, 7) is 5.73. The number of anilines is 2. The first kappa shape index (κ1) is 23.5. The molecule has 1 aliphatic heterocycles. The van der Waals surface area contributed by atoms with E-state index >= 15 is 0 Å². The first-order valence-corrected chi connectivity index (χ1v) is 11.7. The zero-order valence-corrected chi connectivity index (χ0v) is 19.8. The summed E-state index contributed by atoms with van der Waals surface area (Å²) in [6.07, 6.45) is 5.87. The van der Waals surface area contributed by atoms with Crippen molar-refractivity contribution in [2.45, 2.75) is 13.5 Å². The van der Waals surface area contributed by atoms with Crippen LogP contribution in [-0.2, 0) is 11.3 Å². The van der Waals surface area contributed by atoms with Crippen molar-refractivity contribution in [2.24, 2.45) is 0 Å². The van der Waals surface area contributed by atoms with Crippen molar-refractivity contribution in [3.05, 3.63) is 66.5 Å². The molecule has 0 unspecified atom stereocenters. The Bertz CT molecular complexity index is 1360. The molecule has 184 valence electrons. The van der Waals surface area contributed by atoms with Crippen LogP contribution in [0.1, 0.15) is 12.5 Å². The van der Waals surface area contributed by atoms with E-state index < -0.39 is 5.82 Å². The maximum atomic E-state index is 14.5. The van der Waals surface area contributed by atoms with Crippen LogP contribution in [0.25, 0.3) is 22.3 Å². The van der Waals surface area contributed by atoms with E-state index in [1.54, 1.807) is 48.6 Å². The van der Waals surface area contributed by atoms with Gasteiger partial charge in [0.25, 0.3) is 0 Å². The zero-order valence-electron chi connectivity index (χ0n) is 19.8. The SMILES string of the molecule is CCOC(=O)N1CCN(Cc2ccc(Nc3ncc(F)c(-c4ccc5nccnc5c4)n3)nc2)CC1. The Morgan fingerprint density at radius 2 is 1.81 bits per heavy atom. The number of amides is 1. The number of halogens is 1. The molecule has 1 N–H and O–H groups in total. The van der Waals surface area contributed by atoms with Crippen molar-refractivity contribution < 1.29 is 13.9 Å². The molecule has 1 fully saturated rings. The summed E-state index contributed by atoms with van der Waals surface area (Å²) in [5, 5.41) is 3.04. The van der Waals surface area contributed by atoms with E-state index in [9.17, 15) is 9.18 Å². The van der Waals surface area contributed by atoms with Crippen molar-refractivity contribution in [1.29, 1.82) is 0 Å². The average Bonchev–Trinajstić information content (AvgIpc) is 2.91. The second-order valence-corrected chi connectivity index (χ2v) is 8.29. The van der Waals surface area contributed by atoms with Gasteiger partial charge in [0.2, 0.25) is 5.95 Å². The molecule has 4 heterocycles. The third kappa shape index (κ3) is 5.36. The lowest BCUT2D eigenvalue weighted by Gasteiger charge is -2.33. The predicted molar refractivity (Wildman–Crippen MR) is 132 cm³/mol. The van der Waals surface area contributed by atoms with Crippen molar-refractivity contribution in [2.75, 3.05) is 38.1 Å². The Labute approximate surface area is 207 Å². The fraction of sp³-hybridized carbons (Fsp3) is 0.280. The summed E-state index contributed by atoms with van der Waals surface area (Å²) in [6, 6.07) is 9.09. The van der Waals surface area contributed by atoms with Crippen LogP contribution >= 0.6 is 0 Å². The minimum absolute atomic E-state index is 0.165. The number of ether oxygens (including phenoxy) is 1. The Morgan fingerprint density at radius 1 is 1.00 bits per heavy atom. The minimum atomic E-state index is -0.532. The van der Waals surface area contributed by atoms with Crippen LogP contribution in [0, 0.1) is 5.82 Å². The van der Waals surface area contributed by atoms with Gasteiger partial charge in [-0.3, -0.25) is 14.9 Å². The molecule has 5 rings (SSSR count). The van der Waals surface area contributed by atoms with E-state index in [2.05, 4.69) is 35.1 Å². The van der Waals surface area contributed by atoms with Gasteiger partial charge in [0.15, 0.2) is 5.82 Å². The highest BCUT2D eigenvalue weighted by molar-refractivity contribution is 5.80. The van der Waals surface area contributed by atoms with Gasteiger partial charge in [-0.05, 0) is 30.7 Å². The number of carbonyl (C=O) groups excluding carboxylic acids is 1. The smallest absolute Gasteiger partial charge is 0.409 e. The van der Waals surface area contributed by atoms with Gasteiger partial charge in [-0.25, -0.2) is 24.1 Å². The zero-order chi connectivity index (χ0) is 24.9. The third-order valence-electron chi connectivity index (χ3n) is 5.86. The van der Waals surface area contributed by atoms with E-state index in [0.717, 1.165) is 36.9 Å². The van der Waals surface area contributed by atoms with Gasteiger partial charge >= 0.3 is 6.09 Å². The molecule has 0 aliphatic carbocycles. The Morgan fingerprint density at radius 3 is 2.56 bits per heavy atom. The molecule has 3 aromatic heterocycles. The molecule has 1 saturated heterocycles. The molecule has 0 radical (unpaired) electrons. The molecule has 0 atom stereocenters. The fourth-order valence-corrected chi connectivity index (χ4v) is 4.01. The van der Waals surface area contributed by atoms with Crippen molar-refractivity contribution >= 4 is 28.9 Å². The van der Waals surface area contributed by atoms with Crippen LogP contribution in [0.15, 0.2) is 55.1 Å². The van der Waals surface area contributed by atoms with Gasteiger partial charge in [-0.2, -0.15) is 0 Å². The number of nitrogens with zero attached hydrogens (tertiary/aromatic N) is 7. The largest absolute Gasteiger partial charge is 0.450 e. The van der Waals surface area contributed by atoms with Gasteiger partial charge in [-0.1, -0.05) is 12.1 Å². The highest BCUT2D eigenvalue weighted by Gasteiger charge is 2.22. The molecule has 11 heteroatoms. The number of pyridine rings is 1. The van der Waals surface area contributed by atoms with Gasteiger partial charge in [-0.15, -0.1) is 0 Å². The number of nitrogens with one attached hydrogen (secondary N) is 1. The molecular formula is C25H25FN8O2. The fourth-order valence-electron chi connectivity index (χ4n) is 4.01. The van der Waals surface area contributed by atoms with Crippen molar-refractivity contribution in [3.8, 4) is 11.3 Å². The number of aromatic nitrogens is 5. The number of hydrogen-bond acceptors (Lipinski definition) is 9. The Kier molecular flexibility index (Phi) is 6.89. The van der Waals surface area contributed by atoms with E-state index in [-0.39, 0.29) is 17.7 Å². The molecule has 36 heavy (non-hydrogen) atoms. The van der Waals surface area contributed by atoms with E-state index in [0.29, 0.717) is 36.6 Å².